The van der Waals surface area contributed by atoms with E-state index in [1.165, 1.54) is 17.1 Å². The van der Waals surface area contributed by atoms with Gasteiger partial charge in [-0.2, -0.15) is 0 Å². The largest absolute Gasteiger partial charge is 0.454 e. The number of hydrogen-bond donors (Lipinski definition) is 1. The summed E-state index contributed by atoms with van der Waals surface area (Å²) < 4.78 is 16.5. The van der Waals surface area contributed by atoms with Gasteiger partial charge in [-0.05, 0) is 43.7 Å². The van der Waals surface area contributed by atoms with E-state index in [2.05, 4.69) is 33.0 Å². The third-order valence-electron chi connectivity index (χ3n) is 7.74. The monoisotopic (exact) mass is 521 g/mol. The third-order valence-corrected chi connectivity index (χ3v) is 7.74. The minimum absolute atomic E-state index is 0.00482. The first kappa shape index (κ1) is 24.4. The molecule has 0 bridgehead atoms. The Balaban J connectivity index is 1.06. The number of H-pyrrole nitrogens is 1. The quantitative estimate of drug-likeness (QED) is 0.381. The summed E-state index contributed by atoms with van der Waals surface area (Å²) in [5.74, 6) is 0.923. The molecule has 38 heavy (non-hydrogen) atoms. The summed E-state index contributed by atoms with van der Waals surface area (Å²) in [6.45, 7) is 4.17. The molecule has 0 saturated carbocycles. The third kappa shape index (κ3) is 4.81. The van der Waals surface area contributed by atoms with Crippen molar-refractivity contribution in [2.45, 2.75) is 31.8 Å². The van der Waals surface area contributed by atoms with Gasteiger partial charge in [0, 0.05) is 67.1 Å². The molecule has 2 fully saturated rings. The van der Waals surface area contributed by atoms with E-state index < -0.39 is 0 Å². The van der Waals surface area contributed by atoms with E-state index in [-0.39, 0.29) is 36.1 Å². The summed E-state index contributed by atoms with van der Waals surface area (Å²) in [5.41, 5.74) is 2.87. The van der Waals surface area contributed by atoms with Crippen LogP contribution in [0.2, 0.25) is 0 Å². The van der Waals surface area contributed by atoms with E-state index in [4.69, 9.17) is 14.2 Å². The summed E-state index contributed by atoms with van der Waals surface area (Å²) in [7, 11) is 0. The first-order chi connectivity index (χ1) is 18.6. The molecule has 200 valence electrons. The Bertz CT molecular complexity index is 1330. The summed E-state index contributed by atoms with van der Waals surface area (Å²) in [6, 6.07) is 11.4. The predicted molar refractivity (Wildman–Crippen MR) is 141 cm³/mol. The number of piperidine rings is 1. The standard InChI is InChI=1S/C27H31N5O6/c33-27(30-12-10-29(11-13-30)23-6-3-5-22-21(23)7-8-28-22)36-17-20-4-1-2-9-31(20)16-19-14-25-26(38-18-37-25)15-24(19)32(34)35/h3,5-8,14-15,20,28H,1-2,4,9-13,16-18H2. The Morgan fingerprint density at radius 2 is 1.89 bits per heavy atom. The Labute approximate surface area is 220 Å². The molecule has 3 aromatic rings. The molecule has 2 aromatic carbocycles. The molecule has 4 heterocycles. The van der Waals surface area contributed by atoms with Crippen LogP contribution in [0, 0.1) is 10.1 Å². The zero-order valence-electron chi connectivity index (χ0n) is 21.1. The first-order valence-corrected chi connectivity index (χ1v) is 13.1. The van der Waals surface area contributed by atoms with E-state index in [9.17, 15) is 14.9 Å². The van der Waals surface area contributed by atoms with Gasteiger partial charge in [0.1, 0.15) is 6.61 Å². The molecule has 11 nitrogen and oxygen atoms in total. The number of amides is 1. The van der Waals surface area contributed by atoms with Gasteiger partial charge in [0.2, 0.25) is 6.79 Å². The highest BCUT2D eigenvalue weighted by Crippen LogP contribution is 2.39. The normalized spacial score (nSPS) is 19.6. The zero-order valence-corrected chi connectivity index (χ0v) is 21.1. The molecular formula is C27H31N5O6. The van der Waals surface area contributed by atoms with Crippen molar-refractivity contribution in [2.24, 2.45) is 0 Å². The highest BCUT2D eigenvalue weighted by atomic mass is 16.7. The van der Waals surface area contributed by atoms with Crippen molar-refractivity contribution in [1.29, 1.82) is 0 Å². The van der Waals surface area contributed by atoms with Crippen LogP contribution in [0.5, 0.6) is 11.5 Å². The van der Waals surface area contributed by atoms with Crippen molar-refractivity contribution < 1.29 is 23.9 Å². The van der Waals surface area contributed by atoms with E-state index >= 15 is 0 Å². The van der Waals surface area contributed by atoms with Gasteiger partial charge in [-0.3, -0.25) is 15.0 Å². The maximum absolute atomic E-state index is 12.9. The number of benzene rings is 2. The second kappa shape index (κ2) is 10.4. The Morgan fingerprint density at radius 3 is 2.71 bits per heavy atom. The fraction of sp³-hybridized carbons (Fsp3) is 0.444. The van der Waals surface area contributed by atoms with Gasteiger partial charge in [0.25, 0.3) is 5.69 Å². The average molecular weight is 522 g/mol. The smallest absolute Gasteiger partial charge is 0.409 e. The molecule has 0 radical (unpaired) electrons. The Morgan fingerprint density at radius 1 is 1.08 bits per heavy atom. The maximum atomic E-state index is 12.9. The van der Waals surface area contributed by atoms with Crippen LogP contribution in [0.15, 0.2) is 42.6 Å². The van der Waals surface area contributed by atoms with Gasteiger partial charge in [0.05, 0.1) is 11.0 Å². The number of piperazine rings is 1. The highest BCUT2D eigenvalue weighted by molar-refractivity contribution is 5.92. The van der Waals surface area contributed by atoms with Gasteiger partial charge in [-0.15, -0.1) is 0 Å². The van der Waals surface area contributed by atoms with Gasteiger partial charge >= 0.3 is 6.09 Å². The minimum atomic E-state index is -0.383. The summed E-state index contributed by atoms with van der Waals surface area (Å²) in [5, 5.41) is 12.9. The number of ether oxygens (including phenoxy) is 3. The van der Waals surface area contributed by atoms with Crippen LogP contribution < -0.4 is 14.4 Å². The van der Waals surface area contributed by atoms with Crippen molar-refractivity contribution in [2.75, 3.05) is 51.0 Å². The van der Waals surface area contributed by atoms with Crippen LogP contribution in [0.3, 0.4) is 0 Å². The lowest BCUT2D eigenvalue weighted by atomic mass is 10.0. The van der Waals surface area contributed by atoms with Crippen molar-refractivity contribution >= 4 is 28.4 Å². The molecule has 1 N–H and O–H groups in total. The molecule has 1 unspecified atom stereocenters. The van der Waals surface area contributed by atoms with Crippen LogP contribution >= 0.6 is 0 Å². The van der Waals surface area contributed by atoms with Gasteiger partial charge in [-0.1, -0.05) is 12.5 Å². The van der Waals surface area contributed by atoms with Crippen molar-refractivity contribution in [1.82, 2.24) is 14.8 Å². The van der Waals surface area contributed by atoms with Crippen molar-refractivity contribution in [3.63, 3.8) is 0 Å². The second-order valence-corrected chi connectivity index (χ2v) is 9.98. The lowest BCUT2D eigenvalue weighted by Crippen LogP contribution is -2.50. The predicted octanol–water partition coefficient (Wildman–Crippen LogP) is 4.12. The number of carbonyl (C=O) groups is 1. The number of nitro groups is 1. The number of aromatic amines is 1. The molecule has 3 aliphatic heterocycles. The number of nitrogens with one attached hydrogen (secondary N) is 1. The fourth-order valence-electron chi connectivity index (χ4n) is 5.68. The molecule has 3 aliphatic rings. The fourth-order valence-corrected chi connectivity index (χ4v) is 5.68. The number of aromatic nitrogens is 1. The molecule has 0 aliphatic carbocycles. The van der Waals surface area contributed by atoms with E-state index in [1.54, 1.807) is 11.0 Å². The lowest BCUT2D eigenvalue weighted by molar-refractivity contribution is -0.385. The molecule has 6 rings (SSSR count). The van der Waals surface area contributed by atoms with Crippen molar-refractivity contribution in [3.8, 4) is 11.5 Å². The number of nitro benzene ring substituents is 1. The minimum Gasteiger partial charge on any atom is -0.454 e. The Kier molecular flexibility index (Phi) is 6.67. The molecule has 1 aromatic heterocycles. The number of hydrogen-bond acceptors (Lipinski definition) is 8. The van der Waals surface area contributed by atoms with Crippen LogP contribution in [-0.4, -0.2) is 78.0 Å². The molecule has 1 amide bonds. The molecule has 11 heteroatoms. The SMILES string of the molecule is O=C(OCC1CCCCN1Cc1cc2c(cc1[N+](=O)[O-])OCO2)N1CCN(c2cccc3[nH]ccc23)CC1. The maximum Gasteiger partial charge on any atom is 0.409 e. The molecule has 2 saturated heterocycles. The van der Waals surface area contributed by atoms with Gasteiger partial charge in [-0.25, -0.2) is 4.79 Å². The van der Waals surface area contributed by atoms with Gasteiger partial charge < -0.3 is 29.0 Å². The summed E-state index contributed by atoms with van der Waals surface area (Å²) >= 11 is 0. The van der Waals surface area contributed by atoms with Gasteiger partial charge in [0.15, 0.2) is 11.5 Å². The number of carbonyl (C=O) groups excluding carboxylic acids is 1. The van der Waals surface area contributed by atoms with E-state index in [0.717, 1.165) is 44.4 Å². The van der Waals surface area contributed by atoms with Crippen molar-refractivity contribution in [3.05, 3.63) is 58.3 Å². The Hall–Kier alpha value is -3.99. The number of fused-ring (bicyclic) bond motifs is 2. The first-order valence-electron chi connectivity index (χ1n) is 13.1. The highest BCUT2D eigenvalue weighted by Gasteiger charge is 2.30. The second-order valence-electron chi connectivity index (χ2n) is 9.98. The number of anilines is 1. The van der Waals surface area contributed by atoms with E-state index in [0.29, 0.717) is 36.7 Å². The average Bonchev–Trinajstić information content (AvgIpc) is 3.61. The molecule has 0 spiro atoms. The van der Waals surface area contributed by atoms with Crippen LogP contribution in [0.1, 0.15) is 24.8 Å². The number of likely N-dealkylation sites (tertiary alicyclic amines) is 1. The number of nitrogens with zero attached hydrogens (tertiary/aromatic N) is 4. The number of rotatable bonds is 6. The lowest BCUT2D eigenvalue weighted by Gasteiger charge is -2.37. The van der Waals surface area contributed by atoms with E-state index in [1.807, 2.05) is 12.3 Å². The molecule has 1 atom stereocenters. The van der Waals surface area contributed by atoms with Crippen LogP contribution in [0.25, 0.3) is 10.9 Å². The van der Waals surface area contributed by atoms with Crippen LogP contribution in [-0.2, 0) is 11.3 Å². The molecular weight excluding hydrogens is 490 g/mol. The van der Waals surface area contributed by atoms with Crippen LogP contribution in [0.4, 0.5) is 16.2 Å². The topological polar surface area (TPSA) is 113 Å². The summed E-state index contributed by atoms with van der Waals surface area (Å²) in [6.07, 6.45) is 4.55. The summed E-state index contributed by atoms with van der Waals surface area (Å²) in [4.78, 5) is 33.8. The zero-order chi connectivity index (χ0) is 26.1.